The van der Waals surface area contributed by atoms with Crippen LogP contribution in [0.2, 0.25) is 0 Å². The van der Waals surface area contributed by atoms with Crippen LogP contribution in [0, 0.1) is 0 Å². The number of hydrogen-bond acceptors (Lipinski definition) is 2. The predicted molar refractivity (Wildman–Crippen MR) is 94.0 cm³/mol. The van der Waals surface area contributed by atoms with E-state index in [4.69, 9.17) is 4.74 Å². The van der Waals surface area contributed by atoms with Gasteiger partial charge in [-0.1, -0.05) is 57.6 Å². The summed E-state index contributed by atoms with van der Waals surface area (Å²) in [6, 6.07) is 6.23. The Balaban J connectivity index is 0.00000529. The first kappa shape index (κ1) is 22.6. The number of hydrogen-bond donors (Lipinski definition) is 0. The van der Waals surface area contributed by atoms with Crippen molar-refractivity contribution >= 4 is 5.97 Å². The van der Waals surface area contributed by atoms with Gasteiger partial charge in [0.15, 0.2) is 12.4 Å². The predicted octanol–water partition coefficient (Wildman–Crippen LogP) is 1.61. The molecule has 0 amide bonds. The standard InChI is InChI=1S/C20H32NO2.ClH/c1-2-20(22)23-19-15-10-8-6-4-3-5-7-9-12-16-21-17-13-11-14-18-21;/h2,11,13-14,17-18H,1,3-10,12,15-16,19H2;1H/q+1;/p-1. The largest absolute Gasteiger partial charge is 1.00 e. The average Bonchev–Trinajstić information content (AvgIpc) is 2.59. The molecule has 1 heterocycles. The third-order valence-electron chi connectivity index (χ3n) is 4.00. The summed E-state index contributed by atoms with van der Waals surface area (Å²) in [6.45, 7) is 5.04. The Morgan fingerprint density at radius 1 is 0.833 bits per heavy atom. The molecule has 0 saturated heterocycles. The second kappa shape index (κ2) is 16.5. The quantitative estimate of drug-likeness (QED) is 0.220. The summed E-state index contributed by atoms with van der Waals surface area (Å²) in [7, 11) is 0. The maximum absolute atomic E-state index is 10.8. The Labute approximate surface area is 153 Å². The van der Waals surface area contributed by atoms with E-state index >= 15 is 0 Å². The van der Waals surface area contributed by atoms with Crippen LogP contribution in [0.25, 0.3) is 0 Å². The summed E-state index contributed by atoms with van der Waals surface area (Å²) in [6.07, 6.45) is 18.2. The van der Waals surface area contributed by atoms with E-state index in [1.165, 1.54) is 57.4 Å². The molecule has 0 atom stereocenters. The average molecular weight is 354 g/mol. The van der Waals surface area contributed by atoms with Gasteiger partial charge < -0.3 is 17.1 Å². The summed E-state index contributed by atoms with van der Waals surface area (Å²) < 4.78 is 7.20. The highest BCUT2D eigenvalue weighted by Gasteiger charge is 1.98. The molecule has 4 heteroatoms. The molecule has 0 aliphatic heterocycles. The van der Waals surface area contributed by atoms with E-state index in [1.807, 2.05) is 0 Å². The van der Waals surface area contributed by atoms with E-state index in [-0.39, 0.29) is 18.4 Å². The highest BCUT2D eigenvalue weighted by molar-refractivity contribution is 5.81. The van der Waals surface area contributed by atoms with Gasteiger partial charge in [0.1, 0.15) is 6.54 Å². The fourth-order valence-corrected chi connectivity index (χ4v) is 2.63. The molecule has 0 radical (unpaired) electrons. The van der Waals surface area contributed by atoms with Gasteiger partial charge in [-0.15, -0.1) is 0 Å². The molecule has 0 aliphatic rings. The van der Waals surface area contributed by atoms with Gasteiger partial charge in [-0.25, -0.2) is 9.36 Å². The molecule has 0 saturated carbocycles. The lowest BCUT2D eigenvalue weighted by atomic mass is 10.1. The number of nitrogens with zero attached hydrogens (tertiary/aromatic N) is 1. The summed E-state index contributed by atoms with van der Waals surface area (Å²) in [5.41, 5.74) is 0. The molecule has 0 N–H and O–H groups in total. The van der Waals surface area contributed by atoms with Crippen LogP contribution in [0.3, 0.4) is 0 Å². The zero-order valence-corrected chi connectivity index (χ0v) is 15.6. The topological polar surface area (TPSA) is 30.2 Å². The van der Waals surface area contributed by atoms with Crippen LogP contribution in [-0.4, -0.2) is 12.6 Å². The summed E-state index contributed by atoms with van der Waals surface area (Å²) >= 11 is 0. The lowest BCUT2D eigenvalue weighted by molar-refractivity contribution is -0.697. The first-order valence-corrected chi connectivity index (χ1v) is 9.06. The molecule has 0 aliphatic carbocycles. The molecule has 3 nitrogen and oxygen atoms in total. The van der Waals surface area contributed by atoms with Gasteiger partial charge in [-0.3, -0.25) is 0 Å². The Morgan fingerprint density at radius 3 is 1.88 bits per heavy atom. The number of carbonyl (C=O) groups is 1. The molecule has 0 aromatic carbocycles. The van der Waals surface area contributed by atoms with Crippen molar-refractivity contribution in [2.24, 2.45) is 0 Å². The minimum atomic E-state index is -0.310. The number of ether oxygens (including phenoxy) is 1. The molecule has 24 heavy (non-hydrogen) atoms. The van der Waals surface area contributed by atoms with Gasteiger partial charge in [-0.05, 0) is 12.8 Å². The van der Waals surface area contributed by atoms with E-state index < -0.39 is 0 Å². The van der Waals surface area contributed by atoms with E-state index in [0.717, 1.165) is 19.4 Å². The number of unbranched alkanes of at least 4 members (excludes halogenated alkanes) is 9. The summed E-state index contributed by atoms with van der Waals surface area (Å²) in [5, 5.41) is 0. The molecule has 0 unspecified atom stereocenters. The van der Waals surface area contributed by atoms with Crippen LogP contribution in [0.4, 0.5) is 0 Å². The first-order chi connectivity index (χ1) is 11.3. The van der Waals surface area contributed by atoms with Crippen LogP contribution in [0.15, 0.2) is 43.2 Å². The van der Waals surface area contributed by atoms with E-state index in [0.29, 0.717) is 6.61 Å². The maximum atomic E-state index is 10.8. The molecule has 136 valence electrons. The minimum Gasteiger partial charge on any atom is -1.00 e. The van der Waals surface area contributed by atoms with Gasteiger partial charge >= 0.3 is 5.97 Å². The third-order valence-corrected chi connectivity index (χ3v) is 4.00. The van der Waals surface area contributed by atoms with Gasteiger partial charge in [0, 0.05) is 24.6 Å². The van der Waals surface area contributed by atoms with Crippen molar-refractivity contribution in [2.75, 3.05) is 6.61 Å². The highest BCUT2D eigenvalue weighted by atomic mass is 35.5. The van der Waals surface area contributed by atoms with Crippen LogP contribution in [0.1, 0.15) is 64.2 Å². The van der Waals surface area contributed by atoms with Crippen molar-refractivity contribution in [1.82, 2.24) is 0 Å². The van der Waals surface area contributed by atoms with Crippen molar-refractivity contribution in [3.05, 3.63) is 43.2 Å². The molecule has 1 aromatic heterocycles. The van der Waals surface area contributed by atoms with Crippen LogP contribution >= 0.6 is 0 Å². The third kappa shape index (κ3) is 13.1. The van der Waals surface area contributed by atoms with Crippen molar-refractivity contribution in [3.8, 4) is 0 Å². The van der Waals surface area contributed by atoms with Crippen LogP contribution in [0.5, 0.6) is 0 Å². The normalized spacial score (nSPS) is 10.0. The monoisotopic (exact) mass is 353 g/mol. The van der Waals surface area contributed by atoms with Crippen molar-refractivity contribution in [3.63, 3.8) is 0 Å². The maximum Gasteiger partial charge on any atom is 0.330 e. The second-order valence-electron chi connectivity index (χ2n) is 6.02. The number of halogens is 1. The second-order valence-corrected chi connectivity index (χ2v) is 6.02. The molecule has 0 spiro atoms. The highest BCUT2D eigenvalue weighted by Crippen LogP contribution is 2.10. The number of aromatic nitrogens is 1. The Kier molecular flexibility index (Phi) is 15.6. The van der Waals surface area contributed by atoms with Crippen molar-refractivity contribution in [2.45, 2.75) is 70.8 Å². The SMILES string of the molecule is C=CC(=O)OCCCCCCCCCCCC[n+]1ccccc1.[Cl-]. The molecule has 0 fully saturated rings. The Bertz CT molecular complexity index is 423. The number of pyridine rings is 1. The van der Waals surface area contributed by atoms with Gasteiger partial charge in [-0.2, -0.15) is 0 Å². The number of aryl methyl sites for hydroxylation is 1. The van der Waals surface area contributed by atoms with Crippen molar-refractivity contribution < 1.29 is 26.5 Å². The van der Waals surface area contributed by atoms with Crippen molar-refractivity contribution in [1.29, 1.82) is 0 Å². The molecule has 0 bridgehead atoms. The summed E-state index contributed by atoms with van der Waals surface area (Å²) in [4.78, 5) is 10.8. The summed E-state index contributed by atoms with van der Waals surface area (Å²) in [5.74, 6) is -0.310. The molecule has 1 rings (SSSR count). The minimum absolute atomic E-state index is 0. The van der Waals surface area contributed by atoms with Crippen LogP contribution in [-0.2, 0) is 16.1 Å². The first-order valence-electron chi connectivity index (χ1n) is 9.06. The van der Waals surface area contributed by atoms with E-state index in [9.17, 15) is 4.79 Å². The van der Waals surface area contributed by atoms with Gasteiger partial charge in [0.25, 0.3) is 0 Å². The Morgan fingerprint density at radius 2 is 1.33 bits per heavy atom. The number of carbonyl (C=O) groups excluding carboxylic acids is 1. The smallest absolute Gasteiger partial charge is 0.330 e. The fraction of sp³-hybridized carbons (Fsp3) is 0.600. The Hall–Kier alpha value is -1.35. The number of esters is 1. The lowest BCUT2D eigenvalue weighted by Crippen LogP contribution is -3.00. The number of rotatable bonds is 14. The molecular weight excluding hydrogens is 322 g/mol. The van der Waals surface area contributed by atoms with Gasteiger partial charge in [0.05, 0.1) is 6.61 Å². The van der Waals surface area contributed by atoms with Gasteiger partial charge in [0.2, 0.25) is 0 Å². The molecule has 1 aromatic rings. The van der Waals surface area contributed by atoms with E-state index in [2.05, 4.69) is 41.7 Å². The fourth-order valence-electron chi connectivity index (χ4n) is 2.63. The molecular formula is C20H32ClNO2. The van der Waals surface area contributed by atoms with Crippen LogP contribution < -0.4 is 17.0 Å². The van der Waals surface area contributed by atoms with E-state index in [1.54, 1.807) is 0 Å². The zero-order chi connectivity index (χ0) is 16.6. The zero-order valence-electron chi connectivity index (χ0n) is 14.8. The lowest BCUT2D eigenvalue weighted by Gasteiger charge is -2.03.